The standard InChI is InChI=1S/C22H32N/c1-15(2)10-19-13-22(21-9-8-17(5)12-18(21)6)23(7)14-20(19)11-16(3)4/h8-9,12-16H,10-11H2,1-7H3/q+1/i5D3. The molecule has 0 atom stereocenters. The maximum atomic E-state index is 7.62. The average molecular weight is 314 g/mol. The van der Waals surface area contributed by atoms with Crippen molar-refractivity contribution in [2.75, 3.05) is 0 Å². The van der Waals surface area contributed by atoms with Crippen LogP contribution in [0.15, 0.2) is 30.5 Å². The summed E-state index contributed by atoms with van der Waals surface area (Å²) < 4.78 is 25.0. The maximum Gasteiger partial charge on any atom is 0.212 e. The number of hydrogen-bond acceptors (Lipinski definition) is 0. The van der Waals surface area contributed by atoms with E-state index in [1.165, 1.54) is 11.1 Å². The predicted molar refractivity (Wildman–Crippen MR) is 99.6 cm³/mol. The molecule has 1 aromatic carbocycles. The zero-order valence-corrected chi connectivity index (χ0v) is 15.4. The average Bonchev–Trinajstić information content (AvgIpc) is 2.48. The van der Waals surface area contributed by atoms with Gasteiger partial charge in [-0.3, -0.25) is 0 Å². The third-order valence-corrected chi connectivity index (χ3v) is 4.21. The molecule has 0 saturated heterocycles. The van der Waals surface area contributed by atoms with E-state index < -0.39 is 6.85 Å². The Morgan fingerprint density at radius 3 is 2.22 bits per heavy atom. The van der Waals surface area contributed by atoms with Crippen LogP contribution in [0.3, 0.4) is 0 Å². The van der Waals surface area contributed by atoms with Gasteiger partial charge in [0.25, 0.3) is 0 Å². The molecule has 1 nitrogen and oxygen atoms in total. The van der Waals surface area contributed by atoms with Crippen LogP contribution < -0.4 is 4.57 Å². The largest absolute Gasteiger partial charge is 0.212 e. The van der Waals surface area contributed by atoms with Crippen LogP contribution in [0.2, 0.25) is 0 Å². The molecule has 2 rings (SSSR count). The molecule has 0 N–H and O–H groups in total. The van der Waals surface area contributed by atoms with Gasteiger partial charge in [-0.2, -0.15) is 0 Å². The fourth-order valence-corrected chi connectivity index (χ4v) is 3.22. The summed E-state index contributed by atoms with van der Waals surface area (Å²) in [5.74, 6) is 1.22. The number of pyridine rings is 1. The molecule has 23 heavy (non-hydrogen) atoms. The van der Waals surface area contributed by atoms with Crippen molar-refractivity contribution in [1.29, 1.82) is 0 Å². The lowest BCUT2D eigenvalue weighted by molar-refractivity contribution is -0.660. The minimum atomic E-state index is -2.06. The Hall–Kier alpha value is -1.63. The third-order valence-electron chi connectivity index (χ3n) is 4.21. The van der Waals surface area contributed by atoms with Crippen LogP contribution in [-0.4, -0.2) is 0 Å². The predicted octanol–water partition coefficient (Wildman–Crippen LogP) is 5.19. The lowest BCUT2D eigenvalue weighted by Gasteiger charge is -2.15. The van der Waals surface area contributed by atoms with Crippen LogP contribution in [0, 0.1) is 25.6 Å². The highest BCUT2D eigenvalue weighted by atomic mass is 14.9. The minimum Gasteiger partial charge on any atom is -0.201 e. The van der Waals surface area contributed by atoms with E-state index in [9.17, 15) is 0 Å². The van der Waals surface area contributed by atoms with Gasteiger partial charge in [0.2, 0.25) is 5.69 Å². The Morgan fingerprint density at radius 2 is 1.65 bits per heavy atom. The molecular weight excluding hydrogens is 278 g/mol. The summed E-state index contributed by atoms with van der Waals surface area (Å²) in [5, 5.41) is 0. The highest BCUT2D eigenvalue weighted by molar-refractivity contribution is 5.62. The molecule has 0 saturated carbocycles. The van der Waals surface area contributed by atoms with E-state index >= 15 is 0 Å². The van der Waals surface area contributed by atoms with Gasteiger partial charge in [0.05, 0.1) is 0 Å². The first-order valence-electron chi connectivity index (χ1n) is 10.1. The minimum absolute atomic E-state index is 0.403. The zero-order valence-electron chi connectivity index (χ0n) is 18.4. The van der Waals surface area contributed by atoms with Gasteiger partial charge in [-0.15, -0.1) is 0 Å². The number of rotatable bonds is 5. The molecular formula is C22H32N+. The van der Waals surface area contributed by atoms with E-state index in [1.807, 2.05) is 13.0 Å². The fourth-order valence-electron chi connectivity index (χ4n) is 3.22. The summed E-state index contributed by atoms with van der Waals surface area (Å²) in [7, 11) is 2.08. The van der Waals surface area contributed by atoms with Gasteiger partial charge in [-0.25, -0.2) is 4.57 Å². The van der Waals surface area contributed by atoms with E-state index in [-0.39, 0.29) is 0 Å². The molecule has 0 aliphatic heterocycles. The number of aryl methyl sites for hydroxylation is 3. The van der Waals surface area contributed by atoms with Crippen molar-refractivity contribution in [3.8, 4) is 11.3 Å². The van der Waals surface area contributed by atoms with Crippen LogP contribution in [0.5, 0.6) is 0 Å². The Kier molecular flexibility index (Phi) is 4.37. The van der Waals surface area contributed by atoms with E-state index in [0.29, 0.717) is 17.4 Å². The van der Waals surface area contributed by atoms with Gasteiger partial charge < -0.3 is 0 Å². The normalized spacial score (nSPS) is 14.0. The number of hydrogen-bond donors (Lipinski definition) is 0. The Bertz CT molecular complexity index is 774. The molecule has 0 amide bonds. The molecule has 1 heterocycles. The first kappa shape index (κ1) is 13.8. The van der Waals surface area contributed by atoms with Crippen molar-refractivity contribution in [3.05, 3.63) is 52.7 Å². The molecule has 0 unspecified atom stereocenters. The quantitative estimate of drug-likeness (QED) is 0.669. The van der Waals surface area contributed by atoms with E-state index in [0.717, 1.165) is 29.7 Å². The molecule has 0 fully saturated rings. The van der Waals surface area contributed by atoms with Crippen molar-refractivity contribution < 1.29 is 8.68 Å². The third kappa shape index (κ3) is 4.43. The van der Waals surface area contributed by atoms with E-state index in [1.54, 1.807) is 12.1 Å². The molecule has 0 bridgehead atoms. The Morgan fingerprint density at radius 1 is 1.00 bits per heavy atom. The molecule has 0 aliphatic carbocycles. The maximum absolute atomic E-state index is 7.62. The summed E-state index contributed by atoms with van der Waals surface area (Å²) in [6.07, 6.45) is 4.39. The topological polar surface area (TPSA) is 3.88 Å². The van der Waals surface area contributed by atoms with Crippen LogP contribution in [-0.2, 0) is 19.9 Å². The second kappa shape index (κ2) is 7.29. The second-order valence-corrected chi connectivity index (χ2v) is 7.55. The van der Waals surface area contributed by atoms with Gasteiger partial charge in [-0.05, 0) is 55.6 Å². The van der Waals surface area contributed by atoms with Crippen LogP contribution in [0.4, 0.5) is 0 Å². The van der Waals surface area contributed by atoms with Gasteiger partial charge in [0, 0.05) is 21.3 Å². The summed E-state index contributed by atoms with van der Waals surface area (Å²) in [5.41, 5.74) is 6.46. The van der Waals surface area contributed by atoms with Gasteiger partial charge in [0.15, 0.2) is 6.20 Å². The lowest BCUT2D eigenvalue weighted by Crippen LogP contribution is -2.32. The molecule has 0 spiro atoms. The molecule has 0 aliphatic rings. The first-order valence-corrected chi connectivity index (χ1v) is 8.62. The van der Waals surface area contributed by atoms with Crippen molar-refractivity contribution in [3.63, 3.8) is 0 Å². The Balaban J connectivity index is 2.55. The highest BCUT2D eigenvalue weighted by Crippen LogP contribution is 2.25. The van der Waals surface area contributed by atoms with Crippen LogP contribution in [0.1, 0.15) is 54.1 Å². The van der Waals surface area contributed by atoms with E-state index in [4.69, 9.17) is 4.11 Å². The summed E-state index contributed by atoms with van der Waals surface area (Å²) in [4.78, 5) is 0. The molecule has 1 aromatic heterocycles. The monoisotopic (exact) mass is 313 g/mol. The highest BCUT2D eigenvalue weighted by Gasteiger charge is 2.18. The summed E-state index contributed by atoms with van der Waals surface area (Å²) >= 11 is 0. The molecule has 124 valence electrons. The second-order valence-electron chi connectivity index (χ2n) is 7.55. The smallest absolute Gasteiger partial charge is 0.201 e. The summed E-state index contributed by atoms with van der Waals surface area (Å²) in [6.45, 7) is 8.95. The van der Waals surface area contributed by atoms with Crippen LogP contribution in [0.25, 0.3) is 11.3 Å². The van der Waals surface area contributed by atoms with Crippen molar-refractivity contribution >= 4 is 0 Å². The van der Waals surface area contributed by atoms with E-state index in [2.05, 4.69) is 51.6 Å². The van der Waals surface area contributed by atoms with Crippen molar-refractivity contribution in [2.45, 2.75) is 54.3 Å². The zero-order chi connectivity index (χ0) is 19.6. The van der Waals surface area contributed by atoms with Gasteiger partial charge >= 0.3 is 0 Å². The summed E-state index contributed by atoms with van der Waals surface area (Å²) in [6, 6.07) is 7.79. The van der Waals surface area contributed by atoms with Gasteiger partial charge in [-0.1, -0.05) is 45.4 Å². The molecule has 2 aromatic rings. The SMILES string of the molecule is [2H]C([2H])([2H])c1ccc(-c2cc(CC(C)C)c(CC(C)C)c[n+]2C)c(C)c1. The lowest BCUT2D eigenvalue weighted by atomic mass is 9.92. The van der Waals surface area contributed by atoms with Gasteiger partial charge in [0.1, 0.15) is 7.05 Å². The number of nitrogens with zero attached hydrogens (tertiary/aromatic N) is 1. The fraction of sp³-hybridized carbons (Fsp3) is 0.500. The van der Waals surface area contributed by atoms with Crippen molar-refractivity contribution in [2.24, 2.45) is 18.9 Å². The number of benzene rings is 1. The first-order chi connectivity index (χ1) is 12.0. The van der Waals surface area contributed by atoms with Crippen LogP contribution >= 0.6 is 0 Å². The molecule has 1 heteroatoms. The number of aromatic nitrogens is 1. The Labute approximate surface area is 146 Å². The molecule has 0 radical (unpaired) electrons. The van der Waals surface area contributed by atoms with Crippen molar-refractivity contribution in [1.82, 2.24) is 0 Å².